The predicted octanol–water partition coefficient (Wildman–Crippen LogP) is 3.04. The second-order valence-corrected chi connectivity index (χ2v) is 3.95. The Kier molecular flexibility index (Phi) is 3.56. The molecule has 1 amide bonds. The van der Waals surface area contributed by atoms with Gasteiger partial charge in [-0.25, -0.2) is 9.97 Å². The zero-order valence-corrected chi connectivity index (χ0v) is 10.0. The van der Waals surface area contributed by atoms with Crippen LogP contribution in [0.2, 0.25) is 10.2 Å². The average Bonchev–Trinajstić information content (AvgIpc) is 2.29. The number of nitrogens with one attached hydrogen (secondary N) is 1. The van der Waals surface area contributed by atoms with Crippen molar-refractivity contribution in [3.63, 3.8) is 0 Å². The van der Waals surface area contributed by atoms with Crippen LogP contribution < -0.4 is 5.32 Å². The molecule has 1 heterocycles. The van der Waals surface area contributed by atoms with E-state index in [4.69, 9.17) is 23.2 Å². The van der Waals surface area contributed by atoms with Crippen LogP contribution in [0.4, 0.5) is 5.69 Å². The summed E-state index contributed by atoms with van der Waals surface area (Å²) in [5.41, 5.74) is 0.651. The van der Waals surface area contributed by atoms with Crippen molar-refractivity contribution in [2.45, 2.75) is 0 Å². The van der Waals surface area contributed by atoms with Crippen LogP contribution in [-0.2, 0) is 0 Å². The van der Waals surface area contributed by atoms with Crippen molar-refractivity contribution in [3.8, 4) is 0 Å². The SMILES string of the molecule is O=C(Nc1cccc(Cl)c1)c1nccnc1Cl. The van der Waals surface area contributed by atoms with E-state index in [-0.39, 0.29) is 10.8 Å². The van der Waals surface area contributed by atoms with Gasteiger partial charge in [-0.1, -0.05) is 29.3 Å². The zero-order valence-electron chi connectivity index (χ0n) is 8.52. The molecular weight excluding hydrogens is 261 g/mol. The lowest BCUT2D eigenvalue weighted by Crippen LogP contribution is -2.14. The maximum atomic E-state index is 11.8. The second kappa shape index (κ2) is 5.12. The normalized spacial score (nSPS) is 10.0. The molecule has 0 saturated heterocycles. The quantitative estimate of drug-likeness (QED) is 0.910. The number of anilines is 1. The molecule has 0 unspecified atom stereocenters. The van der Waals surface area contributed by atoms with E-state index in [1.165, 1.54) is 12.4 Å². The van der Waals surface area contributed by atoms with Crippen LogP contribution in [0.3, 0.4) is 0 Å². The first-order valence-corrected chi connectivity index (χ1v) is 5.46. The topological polar surface area (TPSA) is 54.9 Å². The van der Waals surface area contributed by atoms with E-state index in [0.29, 0.717) is 10.7 Å². The number of amides is 1. The van der Waals surface area contributed by atoms with Gasteiger partial charge in [0.25, 0.3) is 5.91 Å². The molecule has 0 aliphatic rings. The highest BCUT2D eigenvalue weighted by Gasteiger charge is 2.12. The summed E-state index contributed by atoms with van der Waals surface area (Å²) in [5.74, 6) is -0.426. The highest BCUT2D eigenvalue weighted by atomic mass is 35.5. The Hall–Kier alpha value is -1.65. The molecule has 0 spiro atoms. The third-order valence-corrected chi connectivity index (χ3v) is 2.46. The first-order valence-electron chi connectivity index (χ1n) is 4.70. The van der Waals surface area contributed by atoms with Gasteiger partial charge in [-0.2, -0.15) is 0 Å². The molecule has 1 aromatic heterocycles. The van der Waals surface area contributed by atoms with Gasteiger partial charge in [-0.05, 0) is 18.2 Å². The highest BCUT2D eigenvalue weighted by Crippen LogP contribution is 2.16. The van der Waals surface area contributed by atoms with Crippen LogP contribution in [0.15, 0.2) is 36.7 Å². The number of hydrogen-bond donors (Lipinski definition) is 1. The molecule has 86 valence electrons. The molecule has 6 heteroatoms. The maximum absolute atomic E-state index is 11.8. The lowest BCUT2D eigenvalue weighted by molar-refractivity contribution is 0.102. The third kappa shape index (κ3) is 2.93. The number of aromatic nitrogens is 2. The Balaban J connectivity index is 2.20. The Bertz CT molecular complexity index is 560. The third-order valence-electron chi connectivity index (χ3n) is 1.95. The molecule has 4 nitrogen and oxygen atoms in total. The van der Waals surface area contributed by atoms with Gasteiger partial charge in [0.05, 0.1) is 0 Å². The van der Waals surface area contributed by atoms with Crippen molar-refractivity contribution >= 4 is 34.8 Å². The highest BCUT2D eigenvalue weighted by molar-refractivity contribution is 6.33. The summed E-state index contributed by atoms with van der Waals surface area (Å²) in [5, 5.41) is 3.23. The Morgan fingerprint density at radius 1 is 1.18 bits per heavy atom. The fourth-order valence-corrected chi connectivity index (χ4v) is 1.61. The predicted molar refractivity (Wildman–Crippen MR) is 66.4 cm³/mol. The lowest BCUT2D eigenvalue weighted by Gasteiger charge is -2.05. The van der Waals surface area contributed by atoms with Gasteiger partial charge in [0, 0.05) is 23.1 Å². The molecule has 17 heavy (non-hydrogen) atoms. The molecule has 0 saturated carbocycles. The van der Waals surface area contributed by atoms with Crippen molar-refractivity contribution in [1.29, 1.82) is 0 Å². The number of hydrogen-bond acceptors (Lipinski definition) is 3. The minimum Gasteiger partial charge on any atom is -0.321 e. The summed E-state index contributed by atoms with van der Waals surface area (Å²) in [6.07, 6.45) is 2.82. The standard InChI is InChI=1S/C11H7Cl2N3O/c12-7-2-1-3-8(6-7)16-11(17)9-10(13)15-5-4-14-9/h1-6H,(H,16,17). The Labute approximate surface area is 108 Å². The minimum atomic E-state index is -0.426. The van der Waals surface area contributed by atoms with Crippen LogP contribution in [0, 0.1) is 0 Å². The summed E-state index contributed by atoms with van der Waals surface area (Å²) >= 11 is 11.6. The van der Waals surface area contributed by atoms with Crippen LogP contribution in [0.5, 0.6) is 0 Å². The van der Waals surface area contributed by atoms with Gasteiger partial charge in [-0.3, -0.25) is 4.79 Å². The molecule has 1 N–H and O–H groups in total. The lowest BCUT2D eigenvalue weighted by atomic mass is 10.3. The monoisotopic (exact) mass is 267 g/mol. The van der Waals surface area contributed by atoms with Crippen molar-refractivity contribution in [1.82, 2.24) is 9.97 Å². The molecule has 0 aliphatic heterocycles. The number of benzene rings is 1. The first kappa shape index (κ1) is 11.8. The summed E-state index contributed by atoms with van der Waals surface area (Å²) in [6.45, 7) is 0. The molecule has 2 aromatic rings. The maximum Gasteiger partial charge on any atom is 0.277 e. The number of halogens is 2. The molecule has 1 aromatic carbocycles. The molecule has 2 rings (SSSR count). The van der Waals surface area contributed by atoms with E-state index < -0.39 is 5.91 Å². The smallest absolute Gasteiger partial charge is 0.277 e. The van der Waals surface area contributed by atoms with Crippen LogP contribution in [0.1, 0.15) is 10.5 Å². The van der Waals surface area contributed by atoms with Gasteiger partial charge in [0.1, 0.15) is 0 Å². The van der Waals surface area contributed by atoms with Gasteiger partial charge < -0.3 is 5.32 Å². The number of rotatable bonds is 2. The van der Waals surface area contributed by atoms with E-state index in [1.54, 1.807) is 24.3 Å². The van der Waals surface area contributed by atoms with Gasteiger partial charge in [0.15, 0.2) is 10.8 Å². The number of carbonyl (C=O) groups is 1. The van der Waals surface area contributed by atoms with E-state index >= 15 is 0 Å². The van der Waals surface area contributed by atoms with Crippen molar-refractivity contribution in [2.24, 2.45) is 0 Å². The summed E-state index contributed by atoms with van der Waals surface area (Å²) in [4.78, 5) is 19.4. The second-order valence-electron chi connectivity index (χ2n) is 3.16. The largest absolute Gasteiger partial charge is 0.321 e. The van der Waals surface area contributed by atoms with E-state index in [0.717, 1.165) is 0 Å². The number of nitrogens with zero attached hydrogens (tertiary/aromatic N) is 2. The van der Waals surface area contributed by atoms with Gasteiger partial charge in [0.2, 0.25) is 0 Å². The van der Waals surface area contributed by atoms with Crippen molar-refractivity contribution in [2.75, 3.05) is 5.32 Å². The number of carbonyl (C=O) groups excluding carboxylic acids is 1. The summed E-state index contributed by atoms with van der Waals surface area (Å²) < 4.78 is 0. The van der Waals surface area contributed by atoms with Crippen LogP contribution in [-0.4, -0.2) is 15.9 Å². The fraction of sp³-hybridized carbons (Fsp3) is 0. The van der Waals surface area contributed by atoms with E-state index in [9.17, 15) is 4.79 Å². The summed E-state index contributed by atoms with van der Waals surface area (Å²) in [6, 6.07) is 6.79. The molecule has 0 aliphatic carbocycles. The molecule has 0 fully saturated rings. The molecular formula is C11H7Cl2N3O. The Morgan fingerprint density at radius 2 is 1.94 bits per heavy atom. The first-order chi connectivity index (χ1) is 8.16. The molecule has 0 atom stereocenters. The van der Waals surface area contributed by atoms with Crippen LogP contribution >= 0.6 is 23.2 Å². The average molecular weight is 268 g/mol. The Morgan fingerprint density at radius 3 is 2.65 bits per heavy atom. The van der Waals surface area contributed by atoms with Crippen LogP contribution in [0.25, 0.3) is 0 Å². The fourth-order valence-electron chi connectivity index (χ4n) is 1.23. The zero-order chi connectivity index (χ0) is 12.3. The van der Waals surface area contributed by atoms with Gasteiger partial charge >= 0.3 is 0 Å². The van der Waals surface area contributed by atoms with Crippen molar-refractivity contribution < 1.29 is 4.79 Å². The van der Waals surface area contributed by atoms with E-state index in [2.05, 4.69) is 15.3 Å². The van der Waals surface area contributed by atoms with Gasteiger partial charge in [-0.15, -0.1) is 0 Å². The van der Waals surface area contributed by atoms with E-state index in [1.807, 2.05) is 0 Å². The molecule has 0 bridgehead atoms. The van der Waals surface area contributed by atoms with Crippen molar-refractivity contribution in [3.05, 3.63) is 52.5 Å². The molecule has 0 radical (unpaired) electrons. The summed E-state index contributed by atoms with van der Waals surface area (Å²) in [7, 11) is 0. The minimum absolute atomic E-state index is 0.0621.